The molecule has 408 valence electrons. The fourth-order valence-corrected chi connectivity index (χ4v) is 10.5. The number of allylic oxidation sites excluding steroid dienone is 6. The number of unbranched alkanes of at least 4 members (excludes halogenated alkanes) is 7. The summed E-state index contributed by atoms with van der Waals surface area (Å²) in [5.74, 6) is -1.24. The number of hydrogen-bond acceptors (Lipinski definition) is 19. The van der Waals surface area contributed by atoms with Crippen LogP contribution in [-0.4, -0.2) is 134 Å². The Balaban J connectivity index is 1.28. The summed E-state index contributed by atoms with van der Waals surface area (Å²) in [5.41, 5.74) is 4.25. The number of hydrogen-bond donors (Lipinski definition) is 10. The lowest BCUT2D eigenvalue weighted by Crippen LogP contribution is -2.46. The molecule has 29 heteroatoms. The molecule has 8 atom stereocenters. The van der Waals surface area contributed by atoms with Crippen LogP contribution in [0.1, 0.15) is 117 Å². The van der Waals surface area contributed by atoms with Crippen molar-refractivity contribution in [1.82, 2.24) is 30.2 Å². The summed E-state index contributed by atoms with van der Waals surface area (Å²) in [6.45, 7) is 2.58. The van der Waals surface area contributed by atoms with Crippen molar-refractivity contribution in [1.29, 1.82) is 0 Å². The lowest BCUT2D eigenvalue weighted by molar-refractivity contribution is -0.137. The fraction of sp³-hybridized carbons (Fsp3) is 0.674. The first kappa shape index (κ1) is 63.0. The number of anilines is 1. The molecule has 0 aromatic carbocycles. The molecule has 2 aromatic rings. The number of nitrogens with zero attached hydrogens (tertiary/aromatic N) is 4. The number of rotatable bonds is 36. The van der Waals surface area contributed by atoms with Gasteiger partial charge in [0.25, 0.3) is 0 Å². The van der Waals surface area contributed by atoms with Gasteiger partial charge in [0.05, 0.1) is 25.6 Å². The lowest BCUT2D eigenvalue weighted by atomic mass is 9.87. The standard InChI is InChI=1S/C43H72N7O18P3S/c1-4-5-6-7-8-9-10-11-12-13-14-15-16-17-18-19-20-21-31(51)26-34(53)72-25-24-45-33(52)22-23-46-41(56)38(55)43(2,3)28-65-71(62,63)68-70(60,61)64-27-32-37(67-69(57,58)59)36(54)42(66-32)50-30-49-35-39(44)47-29-48-40(35)50/h8-9,11-12,14-15,29-32,36-38,42,51,54-55H,4-7,10,13,16-28H2,1-3H3,(H,45,52)(H,46,56)(H,60,61)(H,62,63)(H2,44,47,48)(H2,57,58,59)/b9-8-,12-11-,15-14-/t31-,32-,36+,37+,38-,42-/m0/s1. The van der Waals surface area contributed by atoms with Crippen LogP contribution in [0, 0.1) is 5.41 Å². The van der Waals surface area contributed by atoms with Crippen LogP contribution in [0.5, 0.6) is 0 Å². The van der Waals surface area contributed by atoms with E-state index in [1.165, 1.54) is 33.1 Å². The predicted molar refractivity (Wildman–Crippen MR) is 266 cm³/mol. The quantitative estimate of drug-likeness (QED) is 0.0249. The molecule has 25 nitrogen and oxygen atoms in total. The van der Waals surface area contributed by atoms with Crippen LogP contribution in [0.25, 0.3) is 11.2 Å². The molecule has 3 heterocycles. The molecule has 0 bridgehead atoms. The van der Waals surface area contributed by atoms with Gasteiger partial charge in [0.15, 0.2) is 22.8 Å². The second-order valence-corrected chi connectivity index (χ2v) is 22.9. The second-order valence-electron chi connectivity index (χ2n) is 17.5. The van der Waals surface area contributed by atoms with Crippen molar-refractivity contribution in [2.45, 2.75) is 147 Å². The first-order chi connectivity index (χ1) is 33.9. The monoisotopic (exact) mass is 1100 g/mol. The number of aromatic nitrogens is 4. The number of imidazole rings is 1. The number of phosphoric ester groups is 3. The Bertz CT molecular complexity index is 2250. The van der Waals surface area contributed by atoms with E-state index in [0.717, 1.165) is 80.4 Å². The first-order valence-corrected chi connectivity index (χ1v) is 29.1. The Kier molecular flexibility index (Phi) is 27.7. The van der Waals surface area contributed by atoms with E-state index in [0.29, 0.717) is 6.42 Å². The molecule has 11 N–H and O–H groups in total. The SMILES string of the molecule is CCCCC/C=C\C/C=C\C/C=C\CCCCCC[C@H](O)CC(=O)SCCNC(=O)CCNC(=O)[C@H](O)C(C)(C)COP(=O)(O)OP(=O)(O)OC[C@@H]1O[C@H](n2cnc3c(N)ncnc32)[C@H](O)[C@@H]1OP(=O)(O)O. The smallest absolute Gasteiger partial charge is 0.393 e. The van der Waals surface area contributed by atoms with Crippen LogP contribution >= 0.6 is 35.2 Å². The highest BCUT2D eigenvalue weighted by molar-refractivity contribution is 8.13. The average Bonchev–Trinajstić information content (AvgIpc) is 3.86. The van der Waals surface area contributed by atoms with Crippen molar-refractivity contribution >= 4 is 69.1 Å². The third-order valence-electron chi connectivity index (χ3n) is 10.8. The highest BCUT2D eigenvalue weighted by Gasteiger charge is 2.50. The lowest BCUT2D eigenvalue weighted by Gasteiger charge is -2.30. The number of carbonyl (C=O) groups is 3. The Morgan fingerprint density at radius 2 is 1.53 bits per heavy atom. The zero-order valence-electron chi connectivity index (χ0n) is 40.8. The summed E-state index contributed by atoms with van der Waals surface area (Å²) in [6, 6.07) is 0. The Morgan fingerprint density at radius 1 is 0.889 bits per heavy atom. The van der Waals surface area contributed by atoms with Crippen LogP contribution < -0.4 is 16.4 Å². The molecule has 0 spiro atoms. The molecule has 2 unspecified atom stereocenters. The van der Waals surface area contributed by atoms with Crippen molar-refractivity contribution in [2.24, 2.45) is 5.41 Å². The summed E-state index contributed by atoms with van der Waals surface area (Å²) < 4.78 is 62.5. The number of carbonyl (C=O) groups excluding carboxylic acids is 3. The predicted octanol–water partition coefficient (Wildman–Crippen LogP) is 4.79. The Hall–Kier alpha value is -3.26. The number of nitrogens with two attached hydrogens (primary N) is 1. The minimum absolute atomic E-state index is 0.00536. The molecule has 0 aliphatic carbocycles. The molecule has 0 saturated carbocycles. The van der Waals surface area contributed by atoms with Crippen molar-refractivity contribution in [3.05, 3.63) is 49.1 Å². The van der Waals surface area contributed by atoms with Crippen molar-refractivity contribution in [3.8, 4) is 0 Å². The Morgan fingerprint density at radius 3 is 2.19 bits per heavy atom. The van der Waals surface area contributed by atoms with Gasteiger partial charge in [-0.3, -0.25) is 32.5 Å². The number of nitrogens with one attached hydrogen (secondary N) is 2. The highest BCUT2D eigenvalue weighted by Crippen LogP contribution is 2.61. The number of aliphatic hydroxyl groups excluding tert-OH is 3. The second kappa shape index (κ2) is 31.6. The van der Waals surface area contributed by atoms with E-state index in [2.05, 4.69) is 77.8 Å². The third-order valence-corrected chi connectivity index (χ3v) is 14.8. The zero-order chi connectivity index (χ0) is 53.4. The summed E-state index contributed by atoms with van der Waals surface area (Å²) in [5, 5.41) is 36.6. The molecule has 2 amide bonds. The highest BCUT2D eigenvalue weighted by atomic mass is 32.2. The van der Waals surface area contributed by atoms with Crippen LogP contribution in [0.15, 0.2) is 49.1 Å². The van der Waals surface area contributed by atoms with Gasteiger partial charge >= 0.3 is 23.5 Å². The normalized spacial score (nSPS) is 20.3. The summed E-state index contributed by atoms with van der Waals surface area (Å²) in [6.07, 6.45) is 17.7. The van der Waals surface area contributed by atoms with Gasteiger partial charge < -0.3 is 56.0 Å². The minimum atomic E-state index is -5.59. The van der Waals surface area contributed by atoms with Crippen molar-refractivity contribution in [2.75, 3.05) is 37.8 Å². The largest absolute Gasteiger partial charge is 0.481 e. The van der Waals surface area contributed by atoms with Gasteiger partial charge in [-0.25, -0.2) is 28.6 Å². The van der Waals surface area contributed by atoms with Crippen molar-refractivity contribution in [3.63, 3.8) is 0 Å². The van der Waals surface area contributed by atoms with Gasteiger partial charge in [0.2, 0.25) is 11.8 Å². The van der Waals surface area contributed by atoms with E-state index in [1.807, 2.05) is 0 Å². The number of phosphoric acid groups is 3. The summed E-state index contributed by atoms with van der Waals surface area (Å²) in [4.78, 5) is 88.5. The van der Waals surface area contributed by atoms with Gasteiger partial charge in [-0.05, 0) is 44.9 Å². The van der Waals surface area contributed by atoms with Gasteiger partial charge in [0, 0.05) is 37.1 Å². The average molecular weight is 1100 g/mol. The third kappa shape index (κ3) is 24.0. The number of nitrogen functional groups attached to an aromatic ring is 1. The van der Waals surface area contributed by atoms with E-state index >= 15 is 0 Å². The molecular formula is C43H72N7O18P3S. The molecule has 1 saturated heterocycles. The van der Waals surface area contributed by atoms with Crippen molar-refractivity contribution < 1.29 is 85.6 Å². The summed E-state index contributed by atoms with van der Waals surface area (Å²) >= 11 is 0.988. The van der Waals surface area contributed by atoms with Gasteiger partial charge in [-0.1, -0.05) is 101 Å². The topological polar surface area (TPSA) is 384 Å². The molecule has 2 aromatic heterocycles. The molecule has 1 fully saturated rings. The Labute approximate surface area is 423 Å². The number of fused-ring (bicyclic) bond motifs is 1. The number of aliphatic hydroxyl groups is 3. The van der Waals surface area contributed by atoms with Crippen LogP contribution in [0.3, 0.4) is 0 Å². The van der Waals surface area contributed by atoms with Gasteiger partial charge in [-0.2, -0.15) is 4.31 Å². The minimum Gasteiger partial charge on any atom is -0.393 e. The zero-order valence-corrected chi connectivity index (χ0v) is 44.3. The van der Waals surface area contributed by atoms with E-state index in [-0.39, 0.29) is 53.8 Å². The number of ether oxygens (including phenoxy) is 1. The first-order valence-electron chi connectivity index (χ1n) is 23.6. The van der Waals surface area contributed by atoms with E-state index in [1.54, 1.807) is 0 Å². The van der Waals surface area contributed by atoms with E-state index < -0.39 is 90.7 Å². The molecule has 3 rings (SSSR count). The molecule has 0 radical (unpaired) electrons. The van der Waals surface area contributed by atoms with E-state index in [4.69, 9.17) is 19.5 Å². The van der Waals surface area contributed by atoms with Crippen LogP contribution in [-0.2, 0) is 50.7 Å². The maximum atomic E-state index is 12.8. The molecule has 1 aliphatic rings. The fourth-order valence-electron chi connectivity index (χ4n) is 6.93. The van der Waals surface area contributed by atoms with E-state index in [9.17, 15) is 63.0 Å². The van der Waals surface area contributed by atoms with Gasteiger partial charge in [-0.15, -0.1) is 0 Å². The number of amides is 2. The molecule has 1 aliphatic heterocycles. The summed E-state index contributed by atoms with van der Waals surface area (Å²) in [7, 11) is -16.5. The molecular weight excluding hydrogens is 1030 g/mol. The van der Waals surface area contributed by atoms with Crippen LogP contribution in [0.4, 0.5) is 5.82 Å². The number of thioether (sulfide) groups is 1. The molecule has 72 heavy (non-hydrogen) atoms. The maximum absolute atomic E-state index is 12.8. The van der Waals surface area contributed by atoms with Crippen LogP contribution in [0.2, 0.25) is 0 Å². The maximum Gasteiger partial charge on any atom is 0.481 e. The van der Waals surface area contributed by atoms with Gasteiger partial charge in [0.1, 0.15) is 36.3 Å².